The lowest BCUT2D eigenvalue weighted by molar-refractivity contribution is -0.161. The molecule has 0 N–H and O–H groups in total. The van der Waals surface area contributed by atoms with Gasteiger partial charge in [-0.05, 0) is 17.5 Å². The van der Waals surface area contributed by atoms with Crippen LogP contribution in [0.25, 0.3) is 10.8 Å². The van der Waals surface area contributed by atoms with Gasteiger partial charge in [-0.3, -0.25) is 4.98 Å². The average molecular weight is 302 g/mol. The Kier molecular flexibility index (Phi) is 4.00. The summed E-state index contributed by atoms with van der Waals surface area (Å²) in [6.45, 7) is 0. The van der Waals surface area contributed by atoms with Crippen LogP contribution in [-0.2, 0) is 12.4 Å². The number of fused-ring (bicyclic) bond motifs is 1. The first-order valence-electron chi connectivity index (χ1n) is 4.72. The maximum atomic E-state index is 12.8. The third-order valence-electron chi connectivity index (χ3n) is 2.41. The average Bonchev–Trinajstić information content (AvgIpc) is 2.24. The highest BCUT2D eigenvalue weighted by atomic mass is 35.5. The smallest absolute Gasteiger partial charge is 0.264 e. The fourth-order valence-electron chi connectivity index (χ4n) is 1.70. The lowest BCUT2D eigenvalue weighted by Crippen LogP contribution is -2.17. The maximum Gasteiger partial charge on any atom is 0.417 e. The van der Waals surface area contributed by atoms with Crippen LogP contribution in [0.2, 0.25) is 0 Å². The van der Waals surface area contributed by atoms with E-state index in [1.807, 2.05) is 0 Å². The Morgan fingerprint density at radius 2 is 1.47 bits per heavy atom. The van der Waals surface area contributed by atoms with Gasteiger partial charge in [-0.1, -0.05) is 6.07 Å². The second-order valence-corrected chi connectivity index (χ2v) is 3.58. The van der Waals surface area contributed by atoms with Crippen molar-refractivity contribution in [3.05, 3.63) is 41.7 Å². The molecule has 0 saturated heterocycles. The van der Waals surface area contributed by atoms with Crippen molar-refractivity contribution in [3.63, 3.8) is 0 Å². The fraction of sp³-hybridized carbons (Fsp3) is 0.182. The predicted molar refractivity (Wildman–Crippen MR) is 59.0 cm³/mol. The van der Waals surface area contributed by atoms with E-state index in [1.165, 1.54) is 12.3 Å². The molecule has 1 aromatic heterocycles. The fourth-order valence-corrected chi connectivity index (χ4v) is 1.70. The van der Waals surface area contributed by atoms with Gasteiger partial charge in [-0.2, -0.15) is 26.3 Å². The Morgan fingerprint density at radius 1 is 0.842 bits per heavy atom. The first kappa shape index (κ1) is 15.6. The Morgan fingerprint density at radius 3 is 2.00 bits per heavy atom. The lowest BCUT2D eigenvalue weighted by Gasteiger charge is -2.17. The summed E-state index contributed by atoms with van der Waals surface area (Å²) < 4.78 is 76.1. The molecule has 0 amide bonds. The summed E-state index contributed by atoms with van der Waals surface area (Å²) in [7, 11) is 0. The van der Waals surface area contributed by atoms with Crippen molar-refractivity contribution in [3.8, 4) is 0 Å². The first-order valence-corrected chi connectivity index (χ1v) is 4.72. The summed E-state index contributed by atoms with van der Waals surface area (Å²) in [5.74, 6) is 0. The van der Waals surface area contributed by atoms with Gasteiger partial charge in [0.15, 0.2) is 0 Å². The lowest BCUT2D eigenvalue weighted by atomic mass is 9.99. The topological polar surface area (TPSA) is 12.9 Å². The van der Waals surface area contributed by atoms with Crippen LogP contribution in [0.1, 0.15) is 11.1 Å². The molecular formula is C11H6ClF6N. The number of rotatable bonds is 0. The highest BCUT2D eigenvalue weighted by Crippen LogP contribution is 2.43. The van der Waals surface area contributed by atoms with Gasteiger partial charge in [0.05, 0.1) is 11.1 Å². The van der Waals surface area contributed by atoms with Crippen LogP contribution >= 0.6 is 12.4 Å². The van der Waals surface area contributed by atoms with Gasteiger partial charge >= 0.3 is 12.4 Å². The highest BCUT2D eigenvalue weighted by molar-refractivity contribution is 5.86. The molecule has 0 atom stereocenters. The predicted octanol–water partition coefficient (Wildman–Crippen LogP) is 4.69. The number of pyridine rings is 1. The van der Waals surface area contributed by atoms with Crippen LogP contribution in [0.4, 0.5) is 26.3 Å². The van der Waals surface area contributed by atoms with E-state index < -0.39 is 28.9 Å². The van der Waals surface area contributed by atoms with E-state index in [4.69, 9.17) is 0 Å². The molecule has 1 nitrogen and oxygen atoms in total. The molecule has 0 radical (unpaired) electrons. The quantitative estimate of drug-likeness (QED) is 0.643. The van der Waals surface area contributed by atoms with Crippen LogP contribution in [0, 0.1) is 0 Å². The molecule has 2 aromatic rings. The van der Waals surface area contributed by atoms with Gasteiger partial charge < -0.3 is 0 Å². The molecule has 0 bridgehead atoms. The molecule has 0 aliphatic carbocycles. The van der Waals surface area contributed by atoms with E-state index in [2.05, 4.69) is 4.98 Å². The normalized spacial score (nSPS) is 12.3. The van der Waals surface area contributed by atoms with Gasteiger partial charge in [0, 0.05) is 17.8 Å². The molecule has 0 spiro atoms. The zero-order valence-corrected chi connectivity index (χ0v) is 9.83. The zero-order chi connectivity index (χ0) is 13.6. The van der Waals surface area contributed by atoms with Crippen LogP contribution < -0.4 is 0 Å². The zero-order valence-electron chi connectivity index (χ0n) is 9.01. The number of halogens is 7. The maximum absolute atomic E-state index is 12.8. The molecule has 0 aliphatic rings. The molecule has 0 fully saturated rings. The van der Waals surface area contributed by atoms with Crippen molar-refractivity contribution in [1.82, 2.24) is 4.98 Å². The van der Waals surface area contributed by atoms with Crippen molar-refractivity contribution >= 4 is 23.2 Å². The molecule has 104 valence electrons. The van der Waals surface area contributed by atoms with Gasteiger partial charge in [0.1, 0.15) is 0 Å². The number of aromatic nitrogens is 1. The summed E-state index contributed by atoms with van der Waals surface area (Å²) in [4.78, 5) is 3.44. The van der Waals surface area contributed by atoms with Crippen molar-refractivity contribution in [2.45, 2.75) is 12.4 Å². The van der Waals surface area contributed by atoms with Crippen LogP contribution in [0.15, 0.2) is 30.6 Å². The van der Waals surface area contributed by atoms with E-state index in [0.717, 1.165) is 12.3 Å². The minimum atomic E-state index is -5.09. The van der Waals surface area contributed by atoms with Crippen molar-refractivity contribution in [2.24, 2.45) is 0 Å². The minimum absolute atomic E-state index is 0. The molecule has 8 heteroatoms. The molecule has 19 heavy (non-hydrogen) atoms. The Labute approximate surface area is 109 Å². The number of nitrogens with zero attached hydrogens (tertiary/aromatic N) is 1. The Balaban J connectivity index is 0.00000180. The largest absolute Gasteiger partial charge is 0.417 e. The third-order valence-corrected chi connectivity index (χ3v) is 2.41. The van der Waals surface area contributed by atoms with Gasteiger partial charge in [-0.15, -0.1) is 12.4 Å². The third kappa shape index (κ3) is 2.91. The van der Waals surface area contributed by atoms with Crippen molar-refractivity contribution in [2.75, 3.05) is 0 Å². The number of alkyl halides is 6. The number of benzene rings is 1. The van der Waals surface area contributed by atoms with Gasteiger partial charge in [0.25, 0.3) is 0 Å². The summed E-state index contributed by atoms with van der Waals surface area (Å²) >= 11 is 0. The monoisotopic (exact) mass is 301 g/mol. The molecule has 1 heterocycles. The van der Waals surface area contributed by atoms with E-state index in [0.29, 0.717) is 6.07 Å². The van der Waals surface area contributed by atoms with E-state index in [1.54, 1.807) is 0 Å². The molecule has 0 unspecified atom stereocenters. The summed E-state index contributed by atoms with van der Waals surface area (Å²) in [6.07, 6.45) is -8.15. The summed E-state index contributed by atoms with van der Waals surface area (Å²) in [5.41, 5.74) is -3.39. The second kappa shape index (κ2) is 4.88. The second-order valence-electron chi connectivity index (χ2n) is 3.58. The standard InChI is InChI=1S/C11H5F6N.ClH/c12-10(13,14)8-2-1-6-3-4-18-5-7(6)9(8)11(15,16)17;/h1-5H;1H. The first-order chi connectivity index (χ1) is 8.21. The molecule has 2 rings (SSSR count). The van der Waals surface area contributed by atoms with Crippen LogP contribution in [-0.4, -0.2) is 4.98 Å². The van der Waals surface area contributed by atoms with E-state index >= 15 is 0 Å². The van der Waals surface area contributed by atoms with Gasteiger partial charge in [0.2, 0.25) is 0 Å². The molecule has 0 saturated carbocycles. The number of hydrogen-bond acceptors (Lipinski definition) is 1. The molecule has 0 aliphatic heterocycles. The summed E-state index contributed by atoms with van der Waals surface area (Å²) in [5, 5.41) is -0.495. The SMILES string of the molecule is Cl.FC(F)(F)c1ccc2ccncc2c1C(F)(F)F. The minimum Gasteiger partial charge on any atom is -0.264 e. The number of hydrogen-bond donors (Lipinski definition) is 0. The van der Waals surface area contributed by atoms with Crippen LogP contribution in [0.3, 0.4) is 0 Å². The van der Waals surface area contributed by atoms with E-state index in [-0.39, 0.29) is 17.8 Å². The van der Waals surface area contributed by atoms with Crippen molar-refractivity contribution < 1.29 is 26.3 Å². The van der Waals surface area contributed by atoms with Gasteiger partial charge in [-0.25, -0.2) is 0 Å². The van der Waals surface area contributed by atoms with E-state index in [9.17, 15) is 26.3 Å². The van der Waals surface area contributed by atoms with Crippen LogP contribution in [0.5, 0.6) is 0 Å². The summed E-state index contributed by atoms with van der Waals surface area (Å²) in [6, 6.07) is 2.66. The highest BCUT2D eigenvalue weighted by Gasteiger charge is 2.44. The molecule has 1 aromatic carbocycles. The van der Waals surface area contributed by atoms with Crippen molar-refractivity contribution in [1.29, 1.82) is 0 Å². The Bertz CT molecular complexity index is 590. The Hall–Kier alpha value is -1.50. The molecular weight excluding hydrogens is 296 g/mol.